The molecule has 2 rings (SSSR count). The van der Waals surface area contributed by atoms with E-state index in [1.165, 1.54) is 0 Å². The Morgan fingerprint density at radius 1 is 1.42 bits per heavy atom. The quantitative estimate of drug-likeness (QED) is 0.659. The normalized spacial score (nSPS) is 10.8. The van der Waals surface area contributed by atoms with Crippen LogP contribution in [0, 0.1) is 0 Å². The molecule has 0 N–H and O–H groups in total. The van der Waals surface area contributed by atoms with Crippen molar-refractivity contribution >= 4 is 5.65 Å². The van der Waals surface area contributed by atoms with Gasteiger partial charge in [0, 0.05) is 13.3 Å². The van der Waals surface area contributed by atoms with E-state index in [0.29, 0.717) is 6.61 Å². The SMILES string of the molecule is COCc1nnc2ccccn12. The van der Waals surface area contributed by atoms with Crippen LogP contribution in [0.1, 0.15) is 5.82 Å². The highest BCUT2D eigenvalue weighted by Crippen LogP contribution is 2.02. The molecule has 0 saturated carbocycles. The minimum Gasteiger partial charge on any atom is -0.377 e. The number of hydrogen-bond donors (Lipinski definition) is 0. The van der Waals surface area contributed by atoms with Crippen molar-refractivity contribution in [1.29, 1.82) is 0 Å². The monoisotopic (exact) mass is 163 g/mol. The van der Waals surface area contributed by atoms with Crippen LogP contribution in [-0.4, -0.2) is 21.7 Å². The Bertz CT molecular complexity index is 382. The number of ether oxygens (including phenoxy) is 1. The van der Waals surface area contributed by atoms with Crippen LogP contribution in [0.4, 0.5) is 0 Å². The number of methoxy groups -OCH3 is 1. The van der Waals surface area contributed by atoms with Crippen molar-refractivity contribution in [2.24, 2.45) is 0 Å². The Balaban J connectivity index is 2.55. The van der Waals surface area contributed by atoms with Gasteiger partial charge in [0.25, 0.3) is 0 Å². The zero-order chi connectivity index (χ0) is 8.39. The average Bonchev–Trinajstić information content (AvgIpc) is 2.50. The Morgan fingerprint density at radius 2 is 2.33 bits per heavy atom. The number of fused-ring (bicyclic) bond motifs is 1. The van der Waals surface area contributed by atoms with Gasteiger partial charge < -0.3 is 4.74 Å². The molecule has 0 bridgehead atoms. The minimum absolute atomic E-state index is 0.491. The molecule has 0 aliphatic heterocycles. The highest BCUT2D eigenvalue weighted by atomic mass is 16.5. The number of hydrogen-bond acceptors (Lipinski definition) is 3. The fraction of sp³-hybridized carbons (Fsp3) is 0.250. The zero-order valence-corrected chi connectivity index (χ0v) is 6.77. The Morgan fingerprint density at radius 3 is 3.17 bits per heavy atom. The zero-order valence-electron chi connectivity index (χ0n) is 6.77. The summed E-state index contributed by atoms with van der Waals surface area (Å²) in [7, 11) is 1.64. The van der Waals surface area contributed by atoms with Crippen LogP contribution in [0.3, 0.4) is 0 Å². The van der Waals surface area contributed by atoms with Crippen molar-refractivity contribution in [1.82, 2.24) is 14.6 Å². The van der Waals surface area contributed by atoms with Gasteiger partial charge in [0.15, 0.2) is 11.5 Å². The van der Waals surface area contributed by atoms with Crippen molar-refractivity contribution in [2.75, 3.05) is 7.11 Å². The number of nitrogens with zero attached hydrogens (tertiary/aromatic N) is 3. The van der Waals surface area contributed by atoms with Gasteiger partial charge in [-0.3, -0.25) is 4.40 Å². The van der Waals surface area contributed by atoms with Gasteiger partial charge in [0.2, 0.25) is 0 Å². The topological polar surface area (TPSA) is 39.4 Å². The molecule has 0 aliphatic carbocycles. The fourth-order valence-electron chi connectivity index (χ4n) is 1.12. The summed E-state index contributed by atoms with van der Waals surface area (Å²) in [6.07, 6.45) is 1.92. The molecule has 0 amide bonds. The average molecular weight is 163 g/mol. The van der Waals surface area contributed by atoms with Crippen molar-refractivity contribution < 1.29 is 4.74 Å². The largest absolute Gasteiger partial charge is 0.377 e. The summed E-state index contributed by atoms with van der Waals surface area (Å²) in [5.74, 6) is 0.827. The Labute approximate surface area is 69.8 Å². The molecule has 62 valence electrons. The van der Waals surface area contributed by atoms with E-state index in [9.17, 15) is 0 Å². The van der Waals surface area contributed by atoms with Crippen LogP contribution in [0.2, 0.25) is 0 Å². The predicted octanol–water partition coefficient (Wildman–Crippen LogP) is 0.876. The van der Waals surface area contributed by atoms with Crippen LogP contribution < -0.4 is 0 Å². The second-order valence-electron chi connectivity index (χ2n) is 2.48. The van der Waals surface area contributed by atoms with Gasteiger partial charge in [0.1, 0.15) is 6.61 Å². The fourth-order valence-corrected chi connectivity index (χ4v) is 1.12. The summed E-state index contributed by atoms with van der Waals surface area (Å²) >= 11 is 0. The third-order valence-electron chi connectivity index (χ3n) is 1.66. The van der Waals surface area contributed by atoms with E-state index in [2.05, 4.69) is 10.2 Å². The van der Waals surface area contributed by atoms with Crippen molar-refractivity contribution in [3.63, 3.8) is 0 Å². The van der Waals surface area contributed by atoms with E-state index in [1.807, 2.05) is 28.8 Å². The van der Waals surface area contributed by atoms with E-state index >= 15 is 0 Å². The number of aromatic nitrogens is 3. The maximum Gasteiger partial charge on any atom is 0.163 e. The standard InChI is InChI=1S/C8H9N3O/c1-12-6-8-10-9-7-4-2-3-5-11(7)8/h2-5H,6H2,1H3. The van der Waals surface area contributed by atoms with Gasteiger partial charge in [-0.15, -0.1) is 10.2 Å². The van der Waals surface area contributed by atoms with Crippen molar-refractivity contribution in [3.8, 4) is 0 Å². The molecule has 0 radical (unpaired) electrons. The second-order valence-corrected chi connectivity index (χ2v) is 2.48. The molecule has 2 aromatic rings. The highest BCUT2D eigenvalue weighted by Gasteiger charge is 2.01. The Hall–Kier alpha value is -1.42. The minimum atomic E-state index is 0.491. The first-order valence-electron chi connectivity index (χ1n) is 3.69. The van der Waals surface area contributed by atoms with Gasteiger partial charge in [-0.05, 0) is 12.1 Å². The summed E-state index contributed by atoms with van der Waals surface area (Å²) in [5.41, 5.74) is 0.851. The van der Waals surface area contributed by atoms with Gasteiger partial charge >= 0.3 is 0 Å². The molecule has 0 aromatic carbocycles. The molecule has 0 fully saturated rings. The van der Waals surface area contributed by atoms with Gasteiger partial charge in [-0.1, -0.05) is 6.07 Å². The highest BCUT2D eigenvalue weighted by molar-refractivity contribution is 5.36. The maximum atomic E-state index is 4.97. The van der Waals surface area contributed by atoms with Crippen molar-refractivity contribution in [3.05, 3.63) is 30.2 Å². The van der Waals surface area contributed by atoms with Gasteiger partial charge in [0.05, 0.1) is 0 Å². The third-order valence-corrected chi connectivity index (χ3v) is 1.66. The first-order chi connectivity index (χ1) is 5.92. The van der Waals surface area contributed by atoms with Crippen LogP contribution in [0.5, 0.6) is 0 Å². The van der Waals surface area contributed by atoms with Crippen LogP contribution in [0.15, 0.2) is 24.4 Å². The molecule has 0 spiro atoms. The number of rotatable bonds is 2. The summed E-state index contributed by atoms with van der Waals surface area (Å²) in [5, 5.41) is 7.94. The maximum absolute atomic E-state index is 4.97. The lowest BCUT2D eigenvalue weighted by atomic mass is 10.5. The first kappa shape index (κ1) is 7.24. The van der Waals surface area contributed by atoms with Crippen LogP contribution in [-0.2, 0) is 11.3 Å². The molecule has 0 aliphatic rings. The summed E-state index contributed by atoms with van der Waals surface area (Å²) < 4.78 is 6.88. The molecule has 0 saturated heterocycles. The van der Waals surface area contributed by atoms with Crippen LogP contribution >= 0.6 is 0 Å². The lowest BCUT2D eigenvalue weighted by Crippen LogP contribution is -1.95. The summed E-state index contributed by atoms with van der Waals surface area (Å²) in [6.45, 7) is 0.491. The summed E-state index contributed by atoms with van der Waals surface area (Å²) in [4.78, 5) is 0. The molecule has 0 unspecified atom stereocenters. The molecule has 2 heterocycles. The van der Waals surface area contributed by atoms with Crippen molar-refractivity contribution in [2.45, 2.75) is 6.61 Å². The summed E-state index contributed by atoms with van der Waals surface area (Å²) in [6, 6.07) is 5.78. The van der Waals surface area contributed by atoms with Gasteiger partial charge in [-0.25, -0.2) is 0 Å². The second kappa shape index (κ2) is 2.91. The first-order valence-corrected chi connectivity index (χ1v) is 3.69. The third kappa shape index (κ3) is 1.06. The lowest BCUT2D eigenvalue weighted by Gasteiger charge is -1.95. The Kier molecular flexibility index (Phi) is 1.75. The molecule has 0 atom stereocenters. The van der Waals surface area contributed by atoms with E-state index in [4.69, 9.17) is 4.74 Å². The smallest absolute Gasteiger partial charge is 0.163 e. The van der Waals surface area contributed by atoms with E-state index < -0.39 is 0 Å². The van der Waals surface area contributed by atoms with E-state index in [-0.39, 0.29) is 0 Å². The lowest BCUT2D eigenvalue weighted by molar-refractivity contribution is 0.177. The predicted molar refractivity (Wildman–Crippen MR) is 43.7 cm³/mol. The van der Waals surface area contributed by atoms with E-state index in [1.54, 1.807) is 7.11 Å². The molecule has 4 heteroatoms. The van der Waals surface area contributed by atoms with Gasteiger partial charge in [-0.2, -0.15) is 0 Å². The molecule has 12 heavy (non-hydrogen) atoms. The molecule has 4 nitrogen and oxygen atoms in total. The molecular weight excluding hydrogens is 154 g/mol. The molecular formula is C8H9N3O. The van der Waals surface area contributed by atoms with E-state index in [0.717, 1.165) is 11.5 Å². The molecule has 2 aromatic heterocycles. The number of pyridine rings is 1. The van der Waals surface area contributed by atoms with Crippen LogP contribution in [0.25, 0.3) is 5.65 Å².